The van der Waals surface area contributed by atoms with E-state index in [4.69, 9.17) is 0 Å². The van der Waals surface area contributed by atoms with E-state index in [0.29, 0.717) is 61.6 Å². The second kappa shape index (κ2) is 9.88. The molecule has 1 aliphatic heterocycles. The molecular formula is C25H27F3N6O2. The van der Waals surface area contributed by atoms with Crippen LogP contribution < -0.4 is 15.8 Å². The number of rotatable bonds is 7. The van der Waals surface area contributed by atoms with E-state index in [2.05, 4.69) is 20.3 Å². The van der Waals surface area contributed by atoms with Gasteiger partial charge < -0.3 is 15.2 Å². The van der Waals surface area contributed by atoms with Gasteiger partial charge in [0.1, 0.15) is 22.6 Å². The monoisotopic (exact) mass is 500 g/mol. The lowest BCUT2D eigenvalue weighted by atomic mass is 10.1. The first-order chi connectivity index (χ1) is 17.3. The molecule has 3 heterocycles. The fourth-order valence-corrected chi connectivity index (χ4v) is 4.46. The molecule has 2 fully saturated rings. The molecule has 0 spiro atoms. The minimum absolute atomic E-state index is 0.00930. The van der Waals surface area contributed by atoms with Crippen LogP contribution in [0.3, 0.4) is 0 Å². The molecule has 0 atom stereocenters. The number of hydrogen-bond acceptors (Lipinski definition) is 6. The topological polar surface area (TPSA) is 94.2 Å². The number of nitrogens with one attached hydrogen (secondary N) is 2. The van der Waals surface area contributed by atoms with E-state index in [9.17, 15) is 18.4 Å². The first-order valence-electron chi connectivity index (χ1n) is 12.1. The predicted molar refractivity (Wildman–Crippen MR) is 129 cm³/mol. The number of fused-ring (bicyclic) bond motifs is 1. The number of H-pyrrole nitrogens is 1. The highest BCUT2D eigenvalue weighted by Gasteiger charge is 2.28. The highest BCUT2D eigenvalue weighted by Crippen LogP contribution is 2.30. The first kappa shape index (κ1) is 24.2. The molecule has 36 heavy (non-hydrogen) atoms. The standard InChI is InChI=1S/C25H27F3N6O2/c1-2-16-24(35)32-21-17(30-16)6-3-14(20(21)26)13-33-9-11-34(12-10-33)19-8-7-18(31-22(19)23(27)28)25(36)29-15-4-5-15/h3,6-8,15,23H,2,4-5,9-13H2,1H3,(H,29,36)(H,32,35). The summed E-state index contributed by atoms with van der Waals surface area (Å²) in [7, 11) is 0. The Balaban J connectivity index is 1.28. The lowest BCUT2D eigenvalue weighted by molar-refractivity contribution is 0.0944. The number of carbonyl (C=O) groups excluding carboxylic acids is 1. The summed E-state index contributed by atoms with van der Waals surface area (Å²) < 4.78 is 42.8. The molecule has 11 heteroatoms. The van der Waals surface area contributed by atoms with Crippen molar-refractivity contribution in [3.05, 3.63) is 63.1 Å². The quantitative estimate of drug-likeness (QED) is 0.518. The van der Waals surface area contributed by atoms with Gasteiger partial charge in [-0.25, -0.2) is 23.1 Å². The van der Waals surface area contributed by atoms with Crippen LogP contribution in [0, 0.1) is 5.82 Å². The fraction of sp³-hybridized carbons (Fsp3) is 0.440. The fourth-order valence-electron chi connectivity index (χ4n) is 4.46. The van der Waals surface area contributed by atoms with Gasteiger partial charge in [0, 0.05) is 44.3 Å². The average molecular weight is 501 g/mol. The molecule has 1 saturated heterocycles. The predicted octanol–water partition coefficient (Wildman–Crippen LogP) is 3.17. The number of pyridine rings is 1. The molecule has 8 nitrogen and oxygen atoms in total. The maximum absolute atomic E-state index is 15.1. The zero-order chi connectivity index (χ0) is 25.4. The Morgan fingerprint density at radius 3 is 2.56 bits per heavy atom. The number of benzene rings is 1. The van der Waals surface area contributed by atoms with Crippen LogP contribution in [0.4, 0.5) is 18.9 Å². The van der Waals surface area contributed by atoms with E-state index in [-0.39, 0.29) is 17.3 Å². The van der Waals surface area contributed by atoms with Gasteiger partial charge in [0.15, 0.2) is 5.82 Å². The van der Waals surface area contributed by atoms with Gasteiger partial charge in [-0.3, -0.25) is 14.5 Å². The molecule has 1 aromatic carbocycles. The molecule has 3 aromatic rings. The number of anilines is 1. The number of amides is 1. The van der Waals surface area contributed by atoms with Crippen LogP contribution in [0.2, 0.25) is 0 Å². The van der Waals surface area contributed by atoms with E-state index in [1.54, 1.807) is 12.1 Å². The van der Waals surface area contributed by atoms with Crippen LogP contribution in [-0.4, -0.2) is 58.0 Å². The Kier molecular flexibility index (Phi) is 6.65. The molecule has 2 N–H and O–H groups in total. The average Bonchev–Trinajstić information content (AvgIpc) is 3.70. The summed E-state index contributed by atoms with van der Waals surface area (Å²) in [5.41, 5.74) is 0.776. The number of hydrogen-bond donors (Lipinski definition) is 2. The Morgan fingerprint density at radius 2 is 1.89 bits per heavy atom. The van der Waals surface area contributed by atoms with Gasteiger partial charge in [0.05, 0.1) is 11.2 Å². The largest absolute Gasteiger partial charge is 0.367 e. The van der Waals surface area contributed by atoms with Crippen molar-refractivity contribution in [2.24, 2.45) is 0 Å². The van der Waals surface area contributed by atoms with Crippen molar-refractivity contribution in [1.29, 1.82) is 0 Å². The van der Waals surface area contributed by atoms with Crippen molar-refractivity contribution in [2.45, 2.75) is 45.2 Å². The number of halogens is 3. The van der Waals surface area contributed by atoms with Crippen LogP contribution in [0.25, 0.3) is 11.0 Å². The third kappa shape index (κ3) is 4.92. The molecule has 1 saturated carbocycles. The number of aromatic nitrogens is 3. The van der Waals surface area contributed by atoms with Gasteiger partial charge in [-0.05, 0) is 37.5 Å². The van der Waals surface area contributed by atoms with Crippen molar-refractivity contribution >= 4 is 22.6 Å². The summed E-state index contributed by atoms with van der Waals surface area (Å²) in [6.45, 7) is 4.06. The van der Waals surface area contributed by atoms with Gasteiger partial charge in [0.25, 0.3) is 17.9 Å². The summed E-state index contributed by atoms with van der Waals surface area (Å²) in [6, 6.07) is 6.48. The van der Waals surface area contributed by atoms with Crippen molar-refractivity contribution in [3.63, 3.8) is 0 Å². The lowest BCUT2D eigenvalue weighted by Crippen LogP contribution is -2.46. The second-order valence-corrected chi connectivity index (χ2v) is 9.21. The van der Waals surface area contributed by atoms with E-state index >= 15 is 4.39 Å². The minimum Gasteiger partial charge on any atom is -0.367 e. The number of nitrogens with zero attached hydrogens (tertiary/aromatic N) is 4. The van der Waals surface area contributed by atoms with E-state index in [1.807, 2.05) is 16.7 Å². The van der Waals surface area contributed by atoms with Gasteiger partial charge in [-0.1, -0.05) is 13.0 Å². The molecule has 5 rings (SSSR count). The highest BCUT2D eigenvalue weighted by atomic mass is 19.3. The van der Waals surface area contributed by atoms with Crippen LogP contribution in [-0.2, 0) is 13.0 Å². The maximum atomic E-state index is 15.1. The van der Waals surface area contributed by atoms with Crippen LogP contribution in [0.5, 0.6) is 0 Å². The zero-order valence-electron chi connectivity index (χ0n) is 19.9. The number of piperazine rings is 1. The van der Waals surface area contributed by atoms with Crippen LogP contribution >= 0.6 is 0 Å². The SMILES string of the molecule is CCc1nc2ccc(CN3CCN(c4ccc(C(=O)NC5CC5)nc4C(F)F)CC3)c(F)c2[nH]c1=O. The smallest absolute Gasteiger partial charge is 0.282 e. The summed E-state index contributed by atoms with van der Waals surface area (Å²) >= 11 is 0. The molecule has 0 unspecified atom stereocenters. The van der Waals surface area contributed by atoms with E-state index in [1.165, 1.54) is 12.1 Å². The van der Waals surface area contributed by atoms with Crippen LogP contribution in [0.15, 0.2) is 29.1 Å². The maximum Gasteiger partial charge on any atom is 0.282 e. The highest BCUT2D eigenvalue weighted by molar-refractivity contribution is 5.93. The minimum atomic E-state index is -2.82. The van der Waals surface area contributed by atoms with Gasteiger partial charge in [-0.15, -0.1) is 0 Å². The third-order valence-corrected chi connectivity index (χ3v) is 6.65. The molecule has 2 aliphatic rings. The Hall–Kier alpha value is -3.47. The molecule has 190 valence electrons. The second-order valence-electron chi connectivity index (χ2n) is 9.21. The number of aromatic amines is 1. The molecule has 1 amide bonds. The Labute approximate surface area is 205 Å². The zero-order valence-corrected chi connectivity index (χ0v) is 19.9. The van der Waals surface area contributed by atoms with E-state index < -0.39 is 29.4 Å². The van der Waals surface area contributed by atoms with E-state index in [0.717, 1.165) is 12.8 Å². The summed E-state index contributed by atoms with van der Waals surface area (Å²) in [5, 5.41) is 2.77. The molecule has 2 aromatic heterocycles. The lowest BCUT2D eigenvalue weighted by Gasteiger charge is -2.36. The normalized spacial score (nSPS) is 16.6. The van der Waals surface area contributed by atoms with Gasteiger partial charge >= 0.3 is 0 Å². The van der Waals surface area contributed by atoms with Crippen molar-refractivity contribution < 1.29 is 18.0 Å². The molecular weight excluding hydrogens is 473 g/mol. The number of aryl methyl sites for hydroxylation is 1. The van der Waals surface area contributed by atoms with Crippen molar-refractivity contribution in [2.75, 3.05) is 31.1 Å². The summed E-state index contributed by atoms with van der Waals surface area (Å²) in [6.07, 6.45) is -0.568. The van der Waals surface area contributed by atoms with Crippen molar-refractivity contribution in [3.8, 4) is 0 Å². The van der Waals surface area contributed by atoms with Gasteiger partial charge in [0.2, 0.25) is 0 Å². The first-order valence-corrected chi connectivity index (χ1v) is 12.1. The van der Waals surface area contributed by atoms with Crippen molar-refractivity contribution in [1.82, 2.24) is 25.2 Å². The third-order valence-electron chi connectivity index (χ3n) is 6.65. The number of carbonyl (C=O) groups is 1. The summed E-state index contributed by atoms with van der Waals surface area (Å²) in [5.74, 6) is -0.943. The molecule has 0 bridgehead atoms. The molecule has 0 radical (unpaired) electrons. The molecule has 1 aliphatic carbocycles. The number of alkyl halides is 2. The van der Waals surface area contributed by atoms with Gasteiger partial charge in [-0.2, -0.15) is 0 Å². The Bertz CT molecular complexity index is 1350. The van der Waals surface area contributed by atoms with Crippen LogP contribution in [0.1, 0.15) is 53.6 Å². The Morgan fingerprint density at radius 1 is 1.14 bits per heavy atom. The summed E-state index contributed by atoms with van der Waals surface area (Å²) in [4.78, 5) is 39.0.